The van der Waals surface area contributed by atoms with E-state index in [4.69, 9.17) is 0 Å². The van der Waals surface area contributed by atoms with E-state index in [2.05, 4.69) is 22.9 Å². The highest BCUT2D eigenvalue weighted by Gasteiger charge is 2.12. The molecule has 1 aliphatic rings. The number of aryl methyl sites for hydroxylation is 1. The Kier molecular flexibility index (Phi) is 5.00. The van der Waals surface area contributed by atoms with E-state index in [9.17, 15) is 4.79 Å². The van der Waals surface area contributed by atoms with Gasteiger partial charge in [0.1, 0.15) is 0 Å². The standard InChI is InChI=1S/C15H24N2O/c1-2-3-7-14-9-8-13(15(18)16-14)12-17-10-5-4-6-11-17/h8-9H,2-7,10-12H2,1H3,(H,16,18). The first-order valence-electron chi connectivity index (χ1n) is 7.23. The van der Waals surface area contributed by atoms with Crippen LogP contribution in [0.1, 0.15) is 50.3 Å². The molecule has 2 rings (SSSR count). The number of hydrogen-bond acceptors (Lipinski definition) is 2. The molecule has 0 amide bonds. The third kappa shape index (κ3) is 3.70. The van der Waals surface area contributed by atoms with Crippen molar-refractivity contribution in [2.45, 2.75) is 52.0 Å². The van der Waals surface area contributed by atoms with E-state index in [1.807, 2.05) is 6.07 Å². The predicted molar refractivity (Wildman–Crippen MR) is 74.8 cm³/mol. The second kappa shape index (κ2) is 6.74. The molecule has 3 heteroatoms. The number of piperidine rings is 1. The molecule has 0 saturated carbocycles. The summed E-state index contributed by atoms with van der Waals surface area (Å²) in [6.45, 7) is 5.25. The molecule has 2 heterocycles. The third-order valence-corrected chi connectivity index (χ3v) is 3.69. The van der Waals surface area contributed by atoms with Crippen LogP contribution in [0.15, 0.2) is 16.9 Å². The van der Waals surface area contributed by atoms with Crippen LogP contribution in [-0.2, 0) is 13.0 Å². The Balaban J connectivity index is 1.98. The van der Waals surface area contributed by atoms with Crippen LogP contribution in [0.3, 0.4) is 0 Å². The van der Waals surface area contributed by atoms with Crippen molar-refractivity contribution in [1.29, 1.82) is 0 Å². The zero-order valence-electron chi connectivity index (χ0n) is 11.4. The van der Waals surface area contributed by atoms with E-state index in [1.54, 1.807) is 0 Å². The molecule has 0 spiro atoms. The van der Waals surface area contributed by atoms with Gasteiger partial charge in [0.25, 0.3) is 5.56 Å². The minimum absolute atomic E-state index is 0.106. The molecule has 100 valence electrons. The maximum absolute atomic E-state index is 12.0. The summed E-state index contributed by atoms with van der Waals surface area (Å²) in [6.07, 6.45) is 7.16. The van der Waals surface area contributed by atoms with Crippen molar-refractivity contribution < 1.29 is 0 Å². The Hall–Kier alpha value is -1.09. The fourth-order valence-electron chi connectivity index (χ4n) is 2.54. The lowest BCUT2D eigenvalue weighted by atomic mass is 10.1. The van der Waals surface area contributed by atoms with Gasteiger partial charge >= 0.3 is 0 Å². The molecule has 0 aromatic carbocycles. The minimum Gasteiger partial charge on any atom is -0.326 e. The van der Waals surface area contributed by atoms with Crippen molar-refractivity contribution in [1.82, 2.24) is 9.88 Å². The second-order valence-electron chi connectivity index (χ2n) is 5.28. The molecule has 1 aromatic rings. The van der Waals surface area contributed by atoms with Crippen LogP contribution in [0, 0.1) is 0 Å². The monoisotopic (exact) mass is 248 g/mol. The molecule has 0 radical (unpaired) electrons. The van der Waals surface area contributed by atoms with Gasteiger partial charge < -0.3 is 4.98 Å². The molecule has 18 heavy (non-hydrogen) atoms. The van der Waals surface area contributed by atoms with Gasteiger partial charge in [0.15, 0.2) is 0 Å². The van der Waals surface area contributed by atoms with Crippen LogP contribution in [0.2, 0.25) is 0 Å². The number of rotatable bonds is 5. The van der Waals surface area contributed by atoms with E-state index in [0.29, 0.717) is 0 Å². The molecule has 1 N–H and O–H groups in total. The van der Waals surface area contributed by atoms with Gasteiger partial charge in [-0.3, -0.25) is 9.69 Å². The first-order chi connectivity index (χ1) is 8.79. The number of nitrogens with zero attached hydrogens (tertiary/aromatic N) is 1. The lowest BCUT2D eigenvalue weighted by molar-refractivity contribution is 0.220. The van der Waals surface area contributed by atoms with E-state index >= 15 is 0 Å². The van der Waals surface area contributed by atoms with Crippen LogP contribution in [-0.4, -0.2) is 23.0 Å². The quantitative estimate of drug-likeness (QED) is 0.869. The second-order valence-corrected chi connectivity index (χ2v) is 5.28. The normalized spacial score (nSPS) is 16.9. The van der Waals surface area contributed by atoms with Crippen LogP contribution in [0.25, 0.3) is 0 Å². The Morgan fingerprint density at radius 1 is 1.22 bits per heavy atom. The summed E-state index contributed by atoms with van der Waals surface area (Å²) in [6, 6.07) is 4.09. The summed E-state index contributed by atoms with van der Waals surface area (Å²) in [5, 5.41) is 0. The number of aromatic nitrogens is 1. The predicted octanol–water partition coefficient (Wildman–Crippen LogP) is 2.70. The zero-order valence-corrected chi connectivity index (χ0v) is 11.4. The Morgan fingerprint density at radius 3 is 2.67 bits per heavy atom. The number of hydrogen-bond donors (Lipinski definition) is 1. The first-order valence-corrected chi connectivity index (χ1v) is 7.23. The molecule has 0 atom stereocenters. The summed E-state index contributed by atoms with van der Waals surface area (Å²) < 4.78 is 0. The van der Waals surface area contributed by atoms with Crippen LogP contribution in [0.4, 0.5) is 0 Å². The van der Waals surface area contributed by atoms with Gasteiger partial charge in [-0.25, -0.2) is 0 Å². The molecule has 1 fully saturated rings. The number of unbranched alkanes of at least 4 members (excludes halogenated alkanes) is 1. The summed E-state index contributed by atoms with van der Waals surface area (Å²) in [4.78, 5) is 17.4. The van der Waals surface area contributed by atoms with Crippen molar-refractivity contribution in [3.8, 4) is 0 Å². The highest BCUT2D eigenvalue weighted by molar-refractivity contribution is 5.14. The number of likely N-dealkylation sites (tertiary alicyclic amines) is 1. The Labute approximate surface area is 109 Å². The van der Waals surface area contributed by atoms with Crippen molar-refractivity contribution >= 4 is 0 Å². The maximum Gasteiger partial charge on any atom is 0.252 e. The van der Waals surface area contributed by atoms with Crippen molar-refractivity contribution in [3.05, 3.63) is 33.7 Å². The molecular weight excluding hydrogens is 224 g/mol. The Morgan fingerprint density at radius 2 is 2.00 bits per heavy atom. The molecule has 0 unspecified atom stereocenters. The van der Waals surface area contributed by atoms with Gasteiger partial charge in [-0.15, -0.1) is 0 Å². The molecule has 3 nitrogen and oxygen atoms in total. The number of aromatic amines is 1. The third-order valence-electron chi connectivity index (χ3n) is 3.69. The lowest BCUT2D eigenvalue weighted by Crippen LogP contribution is -2.31. The maximum atomic E-state index is 12.0. The molecule has 0 aliphatic carbocycles. The van der Waals surface area contributed by atoms with Gasteiger partial charge in [-0.1, -0.05) is 25.8 Å². The topological polar surface area (TPSA) is 36.1 Å². The highest BCUT2D eigenvalue weighted by Crippen LogP contribution is 2.11. The SMILES string of the molecule is CCCCc1ccc(CN2CCCCC2)c(=O)[nH]1. The fraction of sp³-hybridized carbons (Fsp3) is 0.667. The largest absolute Gasteiger partial charge is 0.326 e. The minimum atomic E-state index is 0.106. The average Bonchev–Trinajstić information content (AvgIpc) is 2.40. The van der Waals surface area contributed by atoms with Crippen LogP contribution < -0.4 is 5.56 Å². The average molecular weight is 248 g/mol. The van der Waals surface area contributed by atoms with E-state index in [1.165, 1.54) is 19.3 Å². The first kappa shape index (κ1) is 13.3. The number of H-pyrrole nitrogens is 1. The van der Waals surface area contributed by atoms with Gasteiger partial charge in [-0.05, 0) is 44.8 Å². The van der Waals surface area contributed by atoms with Gasteiger partial charge in [-0.2, -0.15) is 0 Å². The van der Waals surface area contributed by atoms with Gasteiger partial charge in [0, 0.05) is 17.8 Å². The van der Waals surface area contributed by atoms with Crippen LogP contribution >= 0.6 is 0 Å². The molecule has 0 bridgehead atoms. The van der Waals surface area contributed by atoms with Crippen LogP contribution in [0.5, 0.6) is 0 Å². The fourth-order valence-corrected chi connectivity index (χ4v) is 2.54. The van der Waals surface area contributed by atoms with Crippen molar-refractivity contribution in [2.75, 3.05) is 13.1 Å². The van der Waals surface area contributed by atoms with Gasteiger partial charge in [0.05, 0.1) is 0 Å². The molecule has 1 saturated heterocycles. The molecule has 1 aromatic heterocycles. The van der Waals surface area contributed by atoms with E-state index in [-0.39, 0.29) is 5.56 Å². The van der Waals surface area contributed by atoms with E-state index in [0.717, 1.165) is 50.2 Å². The summed E-state index contributed by atoms with van der Waals surface area (Å²) in [5.74, 6) is 0. The summed E-state index contributed by atoms with van der Waals surface area (Å²) >= 11 is 0. The van der Waals surface area contributed by atoms with E-state index < -0.39 is 0 Å². The number of pyridine rings is 1. The van der Waals surface area contributed by atoms with Crippen molar-refractivity contribution in [2.24, 2.45) is 0 Å². The Bertz CT molecular complexity index is 419. The summed E-state index contributed by atoms with van der Waals surface area (Å²) in [7, 11) is 0. The van der Waals surface area contributed by atoms with Gasteiger partial charge in [0.2, 0.25) is 0 Å². The van der Waals surface area contributed by atoms with Crippen molar-refractivity contribution in [3.63, 3.8) is 0 Å². The highest BCUT2D eigenvalue weighted by atomic mass is 16.1. The zero-order chi connectivity index (χ0) is 12.8. The lowest BCUT2D eigenvalue weighted by Gasteiger charge is -2.26. The molecular formula is C15H24N2O. The number of nitrogens with one attached hydrogen (secondary N) is 1. The summed E-state index contributed by atoms with van der Waals surface area (Å²) in [5.41, 5.74) is 2.09. The smallest absolute Gasteiger partial charge is 0.252 e. The molecule has 1 aliphatic heterocycles.